The topological polar surface area (TPSA) is 49.4 Å². The average Bonchev–Trinajstić information content (AvgIpc) is 2.07. The minimum atomic E-state index is -0.770. The van der Waals surface area contributed by atoms with Crippen molar-refractivity contribution in [1.82, 2.24) is 10.2 Å². The van der Waals surface area contributed by atoms with Crippen LogP contribution in [0.15, 0.2) is 0 Å². The molecule has 13 heavy (non-hydrogen) atoms. The molecule has 0 aliphatic carbocycles. The Morgan fingerprint density at radius 2 is 1.92 bits per heavy atom. The third-order valence-corrected chi connectivity index (χ3v) is 6.20. The lowest BCUT2D eigenvalue weighted by molar-refractivity contribution is -0.150. The fraction of sp³-hybridized carbons (Fsp3) is 0.714. The van der Waals surface area contributed by atoms with Crippen molar-refractivity contribution in [1.29, 1.82) is 0 Å². The van der Waals surface area contributed by atoms with Crippen LogP contribution in [0.3, 0.4) is 0 Å². The van der Waals surface area contributed by atoms with Gasteiger partial charge in [-0.25, -0.2) is 0 Å². The quantitative estimate of drug-likeness (QED) is 0.598. The first-order chi connectivity index (χ1) is 5.90. The molecular weight excluding hydrogens is 208 g/mol. The van der Waals surface area contributed by atoms with Crippen molar-refractivity contribution in [2.24, 2.45) is 0 Å². The highest BCUT2D eigenvalue weighted by molar-refractivity contribution is 8.78. The minimum Gasteiger partial charge on any atom is -0.330 e. The lowest BCUT2D eigenvalue weighted by atomic mass is 10.1. The van der Waals surface area contributed by atoms with Crippen LogP contribution < -0.4 is 5.32 Å². The van der Waals surface area contributed by atoms with Gasteiger partial charge < -0.3 is 10.2 Å². The molecule has 0 saturated carbocycles. The van der Waals surface area contributed by atoms with E-state index in [4.69, 9.17) is 0 Å². The summed E-state index contributed by atoms with van der Waals surface area (Å²) < 4.78 is 0. The fourth-order valence-electron chi connectivity index (χ4n) is 1.37. The number of likely N-dealkylation sites (N-methyl/N-ethyl adjacent to an activating group) is 1. The van der Waals surface area contributed by atoms with E-state index in [0.717, 1.165) is 0 Å². The zero-order chi connectivity index (χ0) is 9.85. The van der Waals surface area contributed by atoms with E-state index < -0.39 is 9.74 Å². The van der Waals surface area contributed by atoms with Crippen molar-refractivity contribution in [3.8, 4) is 0 Å². The maximum Gasteiger partial charge on any atom is 0.260 e. The van der Waals surface area contributed by atoms with Gasteiger partial charge in [0.1, 0.15) is 0 Å². The highest BCUT2D eigenvalue weighted by Gasteiger charge is 2.60. The number of carbonyl (C=O) groups is 2. The SMILES string of the molecule is CN1C(=O)C2(C)NC(=O)C1(C)SS2. The molecule has 2 bridgehead atoms. The second kappa shape index (κ2) is 2.36. The second-order valence-corrected chi connectivity index (χ2v) is 6.45. The Morgan fingerprint density at radius 3 is 2.46 bits per heavy atom. The largest absolute Gasteiger partial charge is 0.330 e. The van der Waals surface area contributed by atoms with E-state index in [2.05, 4.69) is 5.32 Å². The molecule has 2 atom stereocenters. The molecule has 0 aromatic carbocycles. The van der Waals surface area contributed by atoms with Crippen LogP contribution in [0.1, 0.15) is 13.8 Å². The zero-order valence-corrected chi connectivity index (χ0v) is 9.21. The van der Waals surface area contributed by atoms with Gasteiger partial charge in [0.15, 0.2) is 9.74 Å². The van der Waals surface area contributed by atoms with Gasteiger partial charge in [0.2, 0.25) is 0 Å². The molecule has 3 aliphatic heterocycles. The van der Waals surface area contributed by atoms with Gasteiger partial charge >= 0.3 is 0 Å². The molecule has 0 spiro atoms. The van der Waals surface area contributed by atoms with Crippen LogP contribution in [0, 0.1) is 0 Å². The molecule has 4 nitrogen and oxygen atoms in total. The minimum absolute atomic E-state index is 0.0293. The molecule has 1 N–H and O–H groups in total. The predicted octanol–water partition coefficient (Wildman–Crippen LogP) is 0.402. The van der Waals surface area contributed by atoms with Crippen molar-refractivity contribution in [2.45, 2.75) is 23.6 Å². The van der Waals surface area contributed by atoms with E-state index in [1.807, 2.05) is 0 Å². The number of nitrogens with zero attached hydrogens (tertiary/aromatic N) is 1. The Balaban J connectivity index is 2.48. The van der Waals surface area contributed by atoms with Crippen LogP contribution in [-0.2, 0) is 9.59 Å². The maximum absolute atomic E-state index is 11.7. The lowest BCUT2D eigenvalue weighted by Crippen LogP contribution is -2.73. The Bertz CT molecular complexity index is 309. The molecule has 3 saturated heterocycles. The molecule has 3 heterocycles. The Kier molecular flexibility index (Phi) is 1.67. The summed E-state index contributed by atoms with van der Waals surface area (Å²) in [6, 6.07) is 0. The highest BCUT2D eigenvalue weighted by atomic mass is 33.1. The normalized spacial score (nSPS) is 43.8. The standard InChI is InChI=1S/C7H10N2O2S2/c1-6-5(11)9(3)7(2,13-12-6)4(10)8-6/h1-3H3,(H,8,10). The molecule has 3 fully saturated rings. The summed E-state index contributed by atoms with van der Waals surface area (Å²) in [6.07, 6.45) is 0. The number of nitrogens with one attached hydrogen (secondary N) is 1. The lowest BCUT2D eigenvalue weighted by Gasteiger charge is -2.52. The summed E-state index contributed by atoms with van der Waals surface area (Å²) in [7, 11) is 4.54. The Labute approximate surface area is 84.2 Å². The summed E-state index contributed by atoms with van der Waals surface area (Å²) in [5, 5.41) is 2.72. The molecule has 0 radical (unpaired) electrons. The van der Waals surface area contributed by atoms with Crippen molar-refractivity contribution < 1.29 is 9.59 Å². The van der Waals surface area contributed by atoms with E-state index in [1.54, 1.807) is 20.9 Å². The van der Waals surface area contributed by atoms with E-state index in [9.17, 15) is 9.59 Å². The van der Waals surface area contributed by atoms with Crippen LogP contribution >= 0.6 is 21.6 Å². The third-order valence-electron chi connectivity index (χ3n) is 2.50. The number of hydrogen-bond acceptors (Lipinski definition) is 4. The first-order valence-electron chi connectivity index (χ1n) is 3.88. The zero-order valence-electron chi connectivity index (χ0n) is 7.58. The Hall–Kier alpha value is -0.360. The average molecular weight is 218 g/mol. The summed E-state index contributed by atoms with van der Waals surface area (Å²) in [6.45, 7) is 3.50. The highest BCUT2D eigenvalue weighted by Crippen LogP contribution is 2.53. The van der Waals surface area contributed by atoms with Crippen molar-refractivity contribution in [3.63, 3.8) is 0 Å². The van der Waals surface area contributed by atoms with Gasteiger partial charge in [-0.05, 0) is 13.8 Å². The van der Waals surface area contributed by atoms with Crippen LogP contribution in [0.5, 0.6) is 0 Å². The first kappa shape index (κ1) is 9.21. The van der Waals surface area contributed by atoms with E-state index in [-0.39, 0.29) is 11.8 Å². The van der Waals surface area contributed by atoms with Gasteiger partial charge in [0.05, 0.1) is 0 Å². The molecule has 6 heteroatoms. The van der Waals surface area contributed by atoms with Gasteiger partial charge in [0.25, 0.3) is 11.8 Å². The summed E-state index contributed by atoms with van der Waals surface area (Å²) in [4.78, 5) is 23.4. The van der Waals surface area contributed by atoms with Gasteiger partial charge in [-0.1, -0.05) is 21.6 Å². The fourth-order valence-corrected chi connectivity index (χ4v) is 4.25. The van der Waals surface area contributed by atoms with Crippen LogP contribution in [0.2, 0.25) is 0 Å². The molecule has 72 valence electrons. The van der Waals surface area contributed by atoms with Crippen LogP contribution in [0.4, 0.5) is 0 Å². The third kappa shape index (κ3) is 0.956. The smallest absolute Gasteiger partial charge is 0.260 e. The molecule has 3 aliphatic rings. The van der Waals surface area contributed by atoms with Gasteiger partial charge in [-0.3, -0.25) is 9.59 Å². The van der Waals surface area contributed by atoms with Crippen molar-refractivity contribution >= 4 is 33.4 Å². The number of amides is 2. The Morgan fingerprint density at radius 1 is 1.31 bits per heavy atom. The van der Waals surface area contributed by atoms with E-state index in [0.29, 0.717) is 0 Å². The molecular formula is C7H10N2O2S2. The predicted molar refractivity (Wildman–Crippen MR) is 52.9 cm³/mol. The molecule has 2 unspecified atom stereocenters. The van der Waals surface area contributed by atoms with Gasteiger partial charge in [-0.2, -0.15) is 0 Å². The molecule has 2 amide bonds. The van der Waals surface area contributed by atoms with Gasteiger partial charge in [0, 0.05) is 7.05 Å². The number of rotatable bonds is 0. The second-order valence-electron chi connectivity index (χ2n) is 3.50. The number of hydrogen-bond donors (Lipinski definition) is 1. The summed E-state index contributed by atoms with van der Waals surface area (Å²) in [5.74, 6) is -0.112. The molecule has 3 rings (SSSR count). The number of carbonyl (C=O) groups excluding carboxylic acids is 2. The monoisotopic (exact) mass is 218 g/mol. The van der Waals surface area contributed by atoms with Crippen molar-refractivity contribution in [3.05, 3.63) is 0 Å². The van der Waals surface area contributed by atoms with E-state index >= 15 is 0 Å². The van der Waals surface area contributed by atoms with Gasteiger partial charge in [-0.15, -0.1) is 0 Å². The summed E-state index contributed by atoms with van der Waals surface area (Å²) >= 11 is 0. The maximum atomic E-state index is 11.7. The number of piperazine rings is 1. The van der Waals surface area contributed by atoms with E-state index in [1.165, 1.54) is 26.5 Å². The summed E-state index contributed by atoms with van der Waals surface area (Å²) in [5.41, 5.74) is 0. The number of fused-ring (bicyclic) bond motifs is 3. The molecule has 0 aromatic heterocycles. The van der Waals surface area contributed by atoms with Crippen LogP contribution in [-0.4, -0.2) is 33.5 Å². The first-order valence-corrected chi connectivity index (χ1v) is 6.03. The van der Waals surface area contributed by atoms with Crippen LogP contribution in [0.25, 0.3) is 0 Å². The van der Waals surface area contributed by atoms with Crippen molar-refractivity contribution in [2.75, 3.05) is 7.05 Å². The molecule has 0 aromatic rings.